The summed E-state index contributed by atoms with van der Waals surface area (Å²) in [6, 6.07) is 4.11. The Bertz CT molecular complexity index is 474. The Kier molecular flexibility index (Phi) is 4.16. The number of aliphatic hydroxyl groups is 1. The van der Waals surface area contributed by atoms with E-state index in [1.54, 1.807) is 11.3 Å². The maximum atomic E-state index is 9.38. The lowest BCUT2D eigenvalue weighted by Gasteiger charge is -2.27. The normalized spacial score (nSPS) is 14.6. The highest BCUT2D eigenvalue weighted by atomic mass is 32.1. The molecule has 2 N–H and O–H groups in total. The zero-order chi connectivity index (χ0) is 13.0. The van der Waals surface area contributed by atoms with Crippen molar-refractivity contribution < 1.29 is 5.11 Å². The van der Waals surface area contributed by atoms with E-state index in [1.807, 2.05) is 32.4 Å². The molecule has 1 unspecified atom stereocenters. The number of hydrogen-bond acceptors (Lipinski definition) is 4. The number of aromatic nitrogens is 2. The predicted molar refractivity (Wildman–Crippen MR) is 74.7 cm³/mol. The number of imidazole rings is 1. The van der Waals surface area contributed by atoms with Crippen LogP contribution in [0.15, 0.2) is 29.9 Å². The molecule has 98 valence electrons. The van der Waals surface area contributed by atoms with E-state index in [1.165, 1.54) is 4.88 Å². The molecule has 0 aliphatic heterocycles. The van der Waals surface area contributed by atoms with Gasteiger partial charge in [0.25, 0.3) is 0 Å². The summed E-state index contributed by atoms with van der Waals surface area (Å²) in [4.78, 5) is 5.58. The minimum Gasteiger partial charge on any atom is -0.394 e. The van der Waals surface area contributed by atoms with Crippen LogP contribution in [0.3, 0.4) is 0 Å². The average Bonchev–Trinajstić information content (AvgIpc) is 3.05. The van der Waals surface area contributed by atoms with Gasteiger partial charge in [0.1, 0.15) is 5.82 Å². The Morgan fingerprint density at radius 1 is 1.56 bits per heavy atom. The highest BCUT2D eigenvalue weighted by Crippen LogP contribution is 2.23. The Morgan fingerprint density at radius 3 is 3.00 bits per heavy atom. The third-order valence-electron chi connectivity index (χ3n) is 3.31. The summed E-state index contributed by atoms with van der Waals surface area (Å²) >= 11 is 1.69. The van der Waals surface area contributed by atoms with Gasteiger partial charge in [-0.25, -0.2) is 4.98 Å². The first-order valence-corrected chi connectivity index (χ1v) is 6.91. The second-order valence-electron chi connectivity index (χ2n) is 4.64. The third-order valence-corrected chi connectivity index (χ3v) is 4.18. The van der Waals surface area contributed by atoms with Crippen molar-refractivity contribution in [1.82, 2.24) is 14.9 Å². The fraction of sp³-hybridized carbons (Fsp3) is 0.462. The quantitative estimate of drug-likeness (QED) is 0.839. The van der Waals surface area contributed by atoms with Crippen LogP contribution in [0.4, 0.5) is 0 Å². The van der Waals surface area contributed by atoms with Crippen molar-refractivity contribution in [3.63, 3.8) is 0 Å². The molecule has 5 heteroatoms. The molecule has 2 aromatic heterocycles. The van der Waals surface area contributed by atoms with Gasteiger partial charge < -0.3 is 15.0 Å². The first-order chi connectivity index (χ1) is 8.68. The summed E-state index contributed by atoms with van der Waals surface area (Å²) < 4.78 is 2.14. The SMILES string of the molecule is CNC(C)(CO)CCn1ccnc1-c1cccs1. The van der Waals surface area contributed by atoms with E-state index >= 15 is 0 Å². The van der Waals surface area contributed by atoms with Gasteiger partial charge in [-0.3, -0.25) is 0 Å². The molecular formula is C13H19N3OS. The Morgan fingerprint density at radius 2 is 2.39 bits per heavy atom. The van der Waals surface area contributed by atoms with Crippen LogP contribution in [0.2, 0.25) is 0 Å². The number of hydrogen-bond donors (Lipinski definition) is 2. The van der Waals surface area contributed by atoms with Gasteiger partial charge in [0.2, 0.25) is 0 Å². The van der Waals surface area contributed by atoms with Crippen molar-refractivity contribution in [3.05, 3.63) is 29.9 Å². The lowest BCUT2D eigenvalue weighted by Crippen LogP contribution is -2.44. The highest BCUT2D eigenvalue weighted by molar-refractivity contribution is 7.13. The van der Waals surface area contributed by atoms with Gasteiger partial charge in [0.05, 0.1) is 11.5 Å². The summed E-state index contributed by atoms with van der Waals surface area (Å²) in [6.45, 7) is 2.99. The van der Waals surface area contributed by atoms with Crippen LogP contribution in [0.25, 0.3) is 10.7 Å². The molecule has 0 spiro atoms. The van der Waals surface area contributed by atoms with E-state index in [0.29, 0.717) is 0 Å². The number of thiophene rings is 1. The van der Waals surface area contributed by atoms with Crippen molar-refractivity contribution in [3.8, 4) is 10.7 Å². The summed E-state index contributed by atoms with van der Waals surface area (Å²) in [6.07, 6.45) is 4.67. The summed E-state index contributed by atoms with van der Waals surface area (Å²) in [7, 11) is 1.88. The topological polar surface area (TPSA) is 50.1 Å². The molecule has 2 aromatic rings. The summed E-state index contributed by atoms with van der Waals surface area (Å²) in [5.41, 5.74) is -0.239. The smallest absolute Gasteiger partial charge is 0.149 e. The standard InChI is InChI=1S/C13H19N3OS/c1-13(10-17,14-2)5-7-16-8-6-15-12(16)11-4-3-9-18-11/h3-4,6,8-9,14,17H,5,7,10H2,1-2H3. The van der Waals surface area contributed by atoms with Gasteiger partial charge in [-0.2, -0.15) is 0 Å². The summed E-state index contributed by atoms with van der Waals surface area (Å²) in [5, 5.41) is 14.6. The number of rotatable bonds is 6. The Labute approximate surface area is 111 Å². The van der Waals surface area contributed by atoms with Crippen molar-refractivity contribution in [2.24, 2.45) is 0 Å². The molecule has 1 atom stereocenters. The van der Waals surface area contributed by atoms with Crippen molar-refractivity contribution in [1.29, 1.82) is 0 Å². The molecule has 0 aliphatic rings. The number of likely N-dealkylation sites (N-methyl/N-ethyl adjacent to an activating group) is 1. The number of nitrogens with zero attached hydrogens (tertiary/aromatic N) is 2. The van der Waals surface area contributed by atoms with Gasteiger partial charge in [-0.05, 0) is 31.8 Å². The van der Waals surface area contributed by atoms with E-state index < -0.39 is 0 Å². The van der Waals surface area contributed by atoms with Crippen LogP contribution in [-0.2, 0) is 6.54 Å². The molecule has 0 bridgehead atoms. The molecule has 0 saturated heterocycles. The lowest BCUT2D eigenvalue weighted by molar-refractivity contribution is 0.169. The van der Waals surface area contributed by atoms with E-state index in [9.17, 15) is 5.11 Å². The first kappa shape index (κ1) is 13.3. The van der Waals surface area contributed by atoms with Gasteiger partial charge in [0.15, 0.2) is 0 Å². The van der Waals surface area contributed by atoms with E-state index in [2.05, 4.69) is 26.3 Å². The van der Waals surface area contributed by atoms with Gasteiger partial charge in [-0.1, -0.05) is 6.07 Å². The molecule has 4 nitrogen and oxygen atoms in total. The molecule has 0 saturated carbocycles. The second kappa shape index (κ2) is 5.65. The predicted octanol–water partition coefficient (Wildman–Crippen LogP) is 1.97. The monoisotopic (exact) mass is 265 g/mol. The third kappa shape index (κ3) is 2.80. The molecule has 0 aromatic carbocycles. The Hall–Kier alpha value is -1.17. The fourth-order valence-electron chi connectivity index (χ4n) is 1.77. The van der Waals surface area contributed by atoms with Gasteiger partial charge in [-0.15, -0.1) is 11.3 Å². The van der Waals surface area contributed by atoms with Crippen LogP contribution in [-0.4, -0.2) is 33.9 Å². The van der Waals surface area contributed by atoms with Crippen LogP contribution >= 0.6 is 11.3 Å². The largest absolute Gasteiger partial charge is 0.394 e. The fourth-order valence-corrected chi connectivity index (χ4v) is 2.51. The average molecular weight is 265 g/mol. The minimum absolute atomic E-state index is 0.131. The van der Waals surface area contributed by atoms with Crippen LogP contribution < -0.4 is 5.32 Å². The molecule has 18 heavy (non-hydrogen) atoms. The minimum atomic E-state index is -0.239. The number of aryl methyl sites for hydroxylation is 1. The maximum Gasteiger partial charge on any atom is 0.149 e. The van der Waals surface area contributed by atoms with Crippen molar-refractivity contribution >= 4 is 11.3 Å². The van der Waals surface area contributed by atoms with E-state index in [0.717, 1.165) is 18.8 Å². The lowest BCUT2D eigenvalue weighted by atomic mass is 9.99. The van der Waals surface area contributed by atoms with Crippen LogP contribution in [0, 0.1) is 0 Å². The van der Waals surface area contributed by atoms with Crippen molar-refractivity contribution in [2.45, 2.75) is 25.4 Å². The van der Waals surface area contributed by atoms with Gasteiger partial charge in [0, 0.05) is 24.5 Å². The Balaban J connectivity index is 2.09. The molecule has 2 heterocycles. The molecule has 0 fully saturated rings. The van der Waals surface area contributed by atoms with E-state index in [-0.39, 0.29) is 12.1 Å². The molecule has 0 radical (unpaired) electrons. The zero-order valence-corrected chi connectivity index (χ0v) is 11.6. The van der Waals surface area contributed by atoms with Crippen LogP contribution in [0.1, 0.15) is 13.3 Å². The summed E-state index contributed by atoms with van der Waals surface area (Å²) in [5.74, 6) is 1.00. The maximum absolute atomic E-state index is 9.38. The highest BCUT2D eigenvalue weighted by Gasteiger charge is 2.21. The second-order valence-corrected chi connectivity index (χ2v) is 5.59. The molecule has 0 aliphatic carbocycles. The van der Waals surface area contributed by atoms with Gasteiger partial charge >= 0.3 is 0 Å². The number of nitrogens with one attached hydrogen (secondary N) is 1. The molecule has 0 amide bonds. The zero-order valence-electron chi connectivity index (χ0n) is 10.8. The van der Waals surface area contributed by atoms with Crippen LogP contribution in [0.5, 0.6) is 0 Å². The van der Waals surface area contributed by atoms with Crippen molar-refractivity contribution in [2.75, 3.05) is 13.7 Å². The van der Waals surface area contributed by atoms with E-state index in [4.69, 9.17) is 0 Å². The first-order valence-electron chi connectivity index (χ1n) is 6.03. The molecule has 2 rings (SSSR count). The molecular weight excluding hydrogens is 246 g/mol. The number of aliphatic hydroxyl groups excluding tert-OH is 1.